The highest BCUT2D eigenvalue weighted by atomic mass is 19.4. The molecule has 1 aromatic rings. The van der Waals surface area contributed by atoms with Crippen LogP contribution in [0.3, 0.4) is 0 Å². The fourth-order valence-corrected chi connectivity index (χ4v) is 1.33. The zero-order chi connectivity index (χ0) is 14.6. The van der Waals surface area contributed by atoms with Gasteiger partial charge in [0.1, 0.15) is 5.69 Å². The molecule has 1 rings (SSSR count). The third kappa shape index (κ3) is 4.12. The Hall–Kier alpha value is -2.32. The van der Waals surface area contributed by atoms with Gasteiger partial charge in [0.05, 0.1) is 10.5 Å². The van der Waals surface area contributed by atoms with Crippen LogP contribution in [0, 0.1) is 10.1 Å². The molecule has 0 radical (unpaired) electrons. The predicted octanol–water partition coefficient (Wildman–Crippen LogP) is 1.90. The highest BCUT2D eigenvalue weighted by Gasteiger charge is 2.32. The van der Waals surface area contributed by atoms with Crippen LogP contribution in [0.2, 0.25) is 0 Å². The molecule has 0 atom stereocenters. The van der Waals surface area contributed by atoms with E-state index in [4.69, 9.17) is 5.73 Å². The maximum atomic E-state index is 12.4. The SMILES string of the molecule is NC(=O)CCNc1ccc(C(F)(F)F)cc1[N+](=O)[O-]. The van der Waals surface area contributed by atoms with Crippen molar-refractivity contribution in [3.05, 3.63) is 33.9 Å². The Bertz CT molecular complexity index is 503. The van der Waals surface area contributed by atoms with Gasteiger partial charge in [0.2, 0.25) is 5.91 Å². The quantitative estimate of drug-likeness (QED) is 0.634. The van der Waals surface area contributed by atoms with Crippen molar-refractivity contribution < 1.29 is 22.9 Å². The minimum atomic E-state index is -4.66. The maximum Gasteiger partial charge on any atom is 0.416 e. The van der Waals surface area contributed by atoms with Crippen LogP contribution in [-0.2, 0) is 11.0 Å². The lowest BCUT2D eigenvalue weighted by Gasteiger charge is -2.10. The fraction of sp³-hybridized carbons (Fsp3) is 0.300. The van der Waals surface area contributed by atoms with Crippen LogP contribution >= 0.6 is 0 Å². The third-order valence-electron chi connectivity index (χ3n) is 2.21. The Labute approximate surface area is 105 Å². The molecule has 0 heterocycles. The van der Waals surface area contributed by atoms with Gasteiger partial charge in [-0.3, -0.25) is 14.9 Å². The van der Waals surface area contributed by atoms with E-state index >= 15 is 0 Å². The summed E-state index contributed by atoms with van der Waals surface area (Å²) in [5, 5.41) is 13.2. The van der Waals surface area contributed by atoms with E-state index in [1.54, 1.807) is 0 Å². The molecule has 3 N–H and O–H groups in total. The summed E-state index contributed by atoms with van der Waals surface area (Å²) in [7, 11) is 0. The predicted molar refractivity (Wildman–Crippen MR) is 60.4 cm³/mol. The number of nitrogens with two attached hydrogens (primary N) is 1. The minimum Gasteiger partial charge on any atom is -0.379 e. The summed E-state index contributed by atoms with van der Waals surface area (Å²) in [6.45, 7) is 0.00153. The number of hydrogen-bond donors (Lipinski definition) is 2. The standard InChI is InChI=1S/C10H10F3N3O3/c11-10(12,13)6-1-2-7(8(5-6)16(18)19)15-4-3-9(14)17/h1-2,5,15H,3-4H2,(H2,14,17). The highest BCUT2D eigenvalue weighted by Crippen LogP contribution is 2.34. The van der Waals surface area contributed by atoms with Crippen molar-refractivity contribution >= 4 is 17.3 Å². The topological polar surface area (TPSA) is 98.3 Å². The third-order valence-corrected chi connectivity index (χ3v) is 2.21. The van der Waals surface area contributed by atoms with Gasteiger partial charge in [0.15, 0.2) is 0 Å². The number of primary amides is 1. The smallest absolute Gasteiger partial charge is 0.379 e. The molecule has 0 aliphatic rings. The van der Waals surface area contributed by atoms with Crippen LogP contribution < -0.4 is 11.1 Å². The number of hydrogen-bond acceptors (Lipinski definition) is 4. The number of nitrogens with one attached hydrogen (secondary N) is 1. The van der Waals surface area contributed by atoms with E-state index < -0.39 is 28.3 Å². The molecule has 0 aliphatic carbocycles. The van der Waals surface area contributed by atoms with Gasteiger partial charge in [-0.15, -0.1) is 0 Å². The van der Waals surface area contributed by atoms with Gasteiger partial charge in [-0.1, -0.05) is 0 Å². The lowest BCUT2D eigenvalue weighted by Crippen LogP contribution is -2.16. The number of anilines is 1. The highest BCUT2D eigenvalue weighted by molar-refractivity contribution is 5.74. The second-order valence-electron chi connectivity index (χ2n) is 3.63. The van der Waals surface area contributed by atoms with E-state index in [-0.39, 0.29) is 18.7 Å². The van der Waals surface area contributed by atoms with E-state index in [1.807, 2.05) is 0 Å². The first-order valence-electron chi connectivity index (χ1n) is 5.09. The Morgan fingerprint density at radius 2 is 2.05 bits per heavy atom. The van der Waals surface area contributed by atoms with Crippen LogP contribution in [0.1, 0.15) is 12.0 Å². The minimum absolute atomic E-state index is 0.00153. The molecule has 1 aromatic carbocycles. The summed E-state index contributed by atoms with van der Waals surface area (Å²) in [6.07, 6.45) is -4.74. The number of alkyl halides is 3. The second-order valence-corrected chi connectivity index (χ2v) is 3.63. The molecule has 0 saturated heterocycles. The molecule has 0 unspecified atom stereocenters. The van der Waals surface area contributed by atoms with E-state index in [0.717, 1.165) is 12.1 Å². The van der Waals surface area contributed by atoms with Crippen molar-refractivity contribution in [1.82, 2.24) is 0 Å². The number of nitro benzene ring substituents is 1. The molecule has 1 amide bonds. The molecule has 6 nitrogen and oxygen atoms in total. The van der Waals surface area contributed by atoms with Crippen LogP contribution in [-0.4, -0.2) is 17.4 Å². The van der Waals surface area contributed by atoms with Crippen molar-refractivity contribution in [2.75, 3.05) is 11.9 Å². The van der Waals surface area contributed by atoms with Gasteiger partial charge < -0.3 is 11.1 Å². The second kappa shape index (κ2) is 5.55. The van der Waals surface area contributed by atoms with Gasteiger partial charge in [-0.05, 0) is 12.1 Å². The number of halogens is 3. The Kier molecular flexibility index (Phi) is 4.30. The van der Waals surface area contributed by atoms with E-state index in [2.05, 4.69) is 5.32 Å². The van der Waals surface area contributed by atoms with E-state index in [9.17, 15) is 28.1 Å². The van der Waals surface area contributed by atoms with Crippen LogP contribution in [0.4, 0.5) is 24.5 Å². The zero-order valence-electron chi connectivity index (χ0n) is 9.53. The van der Waals surface area contributed by atoms with Crippen molar-refractivity contribution in [2.45, 2.75) is 12.6 Å². The molecular formula is C10H10F3N3O3. The van der Waals surface area contributed by atoms with Crippen LogP contribution in [0.25, 0.3) is 0 Å². The molecule has 0 aliphatic heterocycles. The number of nitro groups is 1. The summed E-state index contributed by atoms with van der Waals surface area (Å²) in [4.78, 5) is 20.3. The lowest BCUT2D eigenvalue weighted by atomic mass is 10.1. The van der Waals surface area contributed by atoms with E-state index in [1.165, 1.54) is 0 Å². The number of amides is 1. The number of rotatable bonds is 5. The average Bonchev–Trinajstić information content (AvgIpc) is 2.27. The number of benzene rings is 1. The van der Waals surface area contributed by atoms with Gasteiger partial charge in [0.25, 0.3) is 5.69 Å². The first-order chi connectivity index (χ1) is 8.71. The van der Waals surface area contributed by atoms with Gasteiger partial charge >= 0.3 is 6.18 Å². The van der Waals surface area contributed by atoms with Crippen molar-refractivity contribution in [2.24, 2.45) is 5.73 Å². The Morgan fingerprint density at radius 1 is 1.42 bits per heavy atom. The first kappa shape index (κ1) is 14.7. The summed E-state index contributed by atoms with van der Waals surface area (Å²) in [5.74, 6) is -0.623. The van der Waals surface area contributed by atoms with Crippen LogP contribution in [0.15, 0.2) is 18.2 Å². The summed E-state index contributed by atoms with van der Waals surface area (Å²) in [5.41, 5.74) is 2.96. The Morgan fingerprint density at radius 3 is 2.53 bits per heavy atom. The summed E-state index contributed by atoms with van der Waals surface area (Å²) in [6, 6.07) is 2.11. The number of nitrogens with zero attached hydrogens (tertiary/aromatic N) is 1. The number of carbonyl (C=O) groups excluding carboxylic acids is 1. The Balaban J connectivity index is 2.99. The largest absolute Gasteiger partial charge is 0.416 e. The van der Waals surface area contributed by atoms with E-state index in [0.29, 0.717) is 6.07 Å². The molecule has 104 valence electrons. The summed E-state index contributed by atoms with van der Waals surface area (Å²) < 4.78 is 37.2. The van der Waals surface area contributed by atoms with Gasteiger partial charge in [-0.25, -0.2) is 0 Å². The maximum absolute atomic E-state index is 12.4. The molecule has 9 heteroatoms. The molecule has 0 spiro atoms. The van der Waals surface area contributed by atoms with Crippen molar-refractivity contribution in [3.63, 3.8) is 0 Å². The average molecular weight is 277 g/mol. The monoisotopic (exact) mass is 277 g/mol. The van der Waals surface area contributed by atoms with Crippen molar-refractivity contribution in [3.8, 4) is 0 Å². The van der Waals surface area contributed by atoms with Gasteiger partial charge in [0, 0.05) is 19.0 Å². The summed E-state index contributed by atoms with van der Waals surface area (Å²) >= 11 is 0. The van der Waals surface area contributed by atoms with Gasteiger partial charge in [-0.2, -0.15) is 13.2 Å². The fourth-order valence-electron chi connectivity index (χ4n) is 1.33. The zero-order valence-corrected chi connectivity index (χ0v) is 9.53. The van der Waals surface area contributed by atoms with Crippen molar-refractivity contribution in [1.29, 1.82) is 0 Å². The molecule has 0 bridgehead atoms. The first-order valence-corrected chi connectivity index (χ1v) is 5.09. The van der Waals surface area contributed by atoms with Crippen LogP contribution in [0.5, 0.6) is 0 Å². The molecular weight excluding hydrogens is 267 g/mol. The molecule has 0 saturated carbocycles. The molecule has 19 heavy (non-hydrogen) atoms. The number of carbonyl (C=O) groups is 1. The normalized spacial score (nSPS) is 11.1. The lowest BCUT2D eigenvalue weighted by molar-refractivity contribution is -0.384. The molecule has 0 aromatic heterocycles. The molecule has 0 fully saturated rings.